The number of aliphatic hydroxyl groups excluding tert-OH is 2. The van der Waals surface area contributed by atoms with Crippen molar-refractivity contribution >= 4 is 17.7 Å². The first-order valence-electron chi connectivity index (χ1n) is 9.50. The molecule has 1 fully saturated rings. The van der Waals surface area contributed by atoms with E-state index in [2.05, 4.69) is 19.1 Å². The summed E-state index contributed by atoms with van der Waals surface area (Å²) in [6, 6.07) is 8.29. The fourth-order valence-corrected chi connectivity index (χ4v) is 4.17. The smallest absolute Gasteiger partial charge is 0.223 e. The Balaban J connectivity index is 1.78. The number of rotatable bonds is 11. The van der Waals surface area contributed by atoms with E-state index in [1.54, 1.807) is 0 Å². The first kappa shape index (κ1) is 21.0. The van der Waals surface area contributed by atoms with E-state index in [-0.39, 0.29) is 18.6 Å². The summed E-state index contributed by atoms with van der Waals surface area (Å²) in [6.45, 7) is 3.06. The summed E-state index contributed by atoms with van der Waals surface area (Å²) in [5.41, 5.74) is 2.32. The van der Waals surface area contributed by atoms with Crippen LogP contribution in [-0.4, -0.2) is 57.8 Å². The predicted molar refractivity (Wildman–Crippen MR) is 108 cm³/mol. The third kappa shape index (κ3) is 7.14. The van der Waals surface area contributed by atoms with E-state index in [0.29, 0.717) is 12.8 Å². The topological polar surface area (TPSA) is 60.8 Å². The molecule has 2 atom stereocenters. The number of hydrogen-bond acceptors (Lipinski definition) is 4. The molecule has 1 aliphatic heterocycles. The Morgan fingerprint density at radius 2 is 2.19 bits per heavy atom. The Morgan fingerprint density at radius 1 is 1.35 bits per heavy atom. The van der Waals surface area contributed by atoms with E-state index in [1.807, 2.05) is 40.9 Å². The second-order valence-electron chi connectivity index (χ2n) is 6.88. The quantitative estimate of drug-likeness (QED) is 0.460. The molecular weight excluding hydrogens is 346 g/mol. The zero-order chi connectivity index (χ0) is 18.8. The maximum atomic E-state index is 12.1. The Morgan fingerprint density at radius 3 is 2.96 bits per heavy atom. The molecule has 1 saturated heterocycles. The number of benzene rings is 1. The molecule has 144 valence electrons. The summed E-state index contributed by atoms with van der Waals surface area (Å²) in [7, 11) is 0. The van der Waals surface area contributed by atoms with Gasteiger partial charge in [-0.2, -0.15) is 11.8 Å². The second-order valence-corrected chi connectivity index (χ2v) is 8.11. The molecule has 0 unspecified atom stereocenters. The van der Waals surface area contributed by atoms with Crippen LogP contribution in [0.1, 0.15) is 36.8 Å². The molecule has 1 aliphatic rings. The van der Waals surface area contributed by atoms with Crippen LogP contribution in [0.25, 0.3) is 0 Å². The molecule has 0 aromatic heterocycles. The molecule has 0 radical (unpaired) electrons. The van der Waals surface area contributed by atoms with Crippen LogP contribution in [0.15, 0.2) is 36.4 Å². The molecule has 1 aromatic carbocycles. The molecule has 26 heavy (non-hydrogen) atoms. The number of hydrogen-bond donors (Lipinski definition) is 2. The lowest BCUT2D eigenvalue weighted by molar-refractivity contribution is -0.128. The van der Waals surface area contributed by atoms with E-state index in [9.17, 15) is 9.90 Å². The van der Waals surface area contributed by atoms with Gasteiger partial charge < -0.3 is 15.1 Å². The van der Waals surface area contributed by atoms with Gasteiger partial charge in [0.25, 0.3) is 0 Å². The third-order valence-electron chi connectivity index (χ3n) is 4.63. The van der Waals surface area contributed by atoms with Gasteiger partial charge in [0.1, 0.15) is 0 Å². The summed E-state index contributed by atoms with van der Waals surface area (Å²) in [5.74, 6) is 2.16. The fraction of sp³-hybridized carbons (Fsp3) is 0.571. The predicted octanol–water partition coefficient (Wildman–Crippen LogP) is 2.95. The fourth-order valence-electron chi connectivity index (χ4n) is 3.23. The molecule has 1 aromatic rings. The second kappa shape index (κ2) is 11.4. The van der Waals surface area contributed by atoms with Crippen molar-refractivity contribution in [2.24, 2.45) is 0 Å². The minimum atomic E-state index is -0.526. The van der Waals surface area contributed by atoms with Crippen molar-refractivity contribution in [1.82, 2.24) is 4.90 Å². The molecular formula is C21H31NO3S. The van der Waals surface area contributed by atoms with Crippen LogP contribution in [0.2, 0.25) is 0 Å². The van der Waals surface area contributed by atoms with Gasteiger partial charge in [0, 0.05) is 31.7 Å². The molecule has 0 spiro atoms. The van der Waals surface area contributed by atoms with Gasteiger partial charge in [0.15, 0.2) is 0 Å². The zero-order valence-corrected chi connectivity index (χ0v) is 16.5. The largest absolute Gasteiger partial charge is 0.396 e. The van der Waals surface area contributed by atoms with Crippen molar-refractivity contribution < 1.29 is 15.0 Å². The first-order valence-corrected chi connectivity index (χ1v) is 10.7. The number of unbranched alkanes of at least 4 members (excludes halogenated alkanes) is 1. The normalized spacial score (nSPS) is 18.8. The van der Waals surface area contributed by atoms with Crippen LogP contribution < -0.4 is 0 Å². The molecule has 0 saturated carbocycles. The number of amides is 1. The SMILES string of the molecule is Cc1cccc(C[C@H](O)C=C[C@H]2CCC(=O)N2CCSCCCCO)c1. The van der Waals surface area contributed by atoms with Crippen molar-refractivity contribution in [2.45, 2.75) is 51.2 Å². The monoisotopic (exact) mass is 377 g/mol. The van der Waals surface area contributed by atoms with Gasteiger partial charge in [-0.1, -0.05) is 42.0 Å². The van der Waals surface area contributed by atoms with Gasteiger partial charge in [-0.3, -0.25) is 4.79 Å². The van der Waals surface area contributed by atoms with Crippen LogP contribution in [-0.2, 0) is 11.2 Å². The number of aliphatic hydroxyl groups is 2. The van der Waals surface area contributed by atoms with Crippen LogP contribution in [0, 0.1) is 6.92 Å². The molecule has 0 aliphatic carbocycles. The van der Waals surface area contributed by atoms with Gasteiger partial charge in [0.05, 0.1) is 12.1 Å². The van der Waals surface area contributed by atoms with Crippen molar-refractivity contribution in [3.8, 4) is 0 Å². The van der Waals surface area contributed by atoms with Crippen LogP contribution in [0.4, 0.5) is 0 Å². The lowest BCUT2D eigenvalue weighted by Gasteiger charge is -2.22. The van der Waals surface area contributed by atoms with Crippen molar-refractivity contribution in [3.05, 3.63) is 47.5 Å². The number of aryl methyl sites for hydroxylation is 1. The first-order chi connectivity index (χ1) is 12.6. The summed E-state index contributed by atoms with van der Waals surface area (Å²) >= 11 is 1.83. The van der Waals surface area contributed by atoms with Gasteiger partial charge in [-0.05, 0) is 37.5 Å². The Hall–Kier alpha value is -1.30. The molecule has 4 nitrogen and oxygen atoms in total. The van der Waals surface area contributed by atoms with Crippen molar-refractivity contribution in [2.75, 3.05) is 24.7 Å². The molecule has 2 rings (SSSR count). The van der Waals surface area contributed by atoms with Gasteiger partial charge in [-0.25, -0.2) is 0 Å². The standard InChI is InChI=1S/C21H31NO3S/c1-17-5-4-6-18(15-17)16-20(24)9-7-19-8-10-21(25)22(19)11-14-26-13-3-2-12-23/h4-7,9,15,19-20,23-24H,2-3,8,10-14,16H2,1H3/t19-,20+/m0/s1. The van der Waals surface area contributed by atoms with E-state index in [0.717, 1.165) is 42.9 Å². The van der Waals surface area contributed by atoms with E-state index in [4.69, 9.17) is 5.11 Å². The average Bonchev–Trinajstić information content (AvgIpc) is 2.96. The molecule has 2 N–H and O–H groups in total. The van der Waals surface area contributed by atoms with E-state index >= 15 is 0 Å². The number of carbonyl (C=O) groups is 1. The van der Waals surface area contributed by atoms with Crippen LogP contribution >= 0.6 is 11.8 Å². The number of likely N-dealkylation sites (tertiary alicyclic amines) is 1. The summed E-state index contributed by atoms with van der Waals surface area (Å²) in [4.78, 5) is 14.1. The number of nitrogens with zero attached hydrogens (tertiary/aromatic N) is 1. The highest BCUT2D eigenvalue weighted by molar-refractivity contribution is 7.99. The number of carbonyl (C=O) groups excluding carboxylic acids is 1. The van der Waals surface area contributed by atoms with Gasteiger partial charge >= 0.3 is 0 Å². The van der Waals surface area contributed by atoms with Crippen molar-refractivity contribution in [3.63, 3.8) is 0 Å². The van der Waals surface area contributed by atoms with E-state index in [1.165, 1.54) is 5.56 Å². The lowest BCUT2D eigenvalue weighted by Crippen LogP contribution is -2.34. The van der Waals surface area contributed by atoms with Crippen molar-refractivity contribution in [1.29, 1.82) is 0 Å². The highest BCUT2D eigenvalue weighted by atomic mass is 32.2. The minimum Gasteiger partial charge on any atom is -0.396 e. The highest BCUT2D eigenvalue weighted by Crippen LogP contribution is 2.21. The summed E-state index contributed by atoms with van der Waals surface area (Å²) in [6.07, 6.45) is 7.21. The zero-order valence-electron chi connectivity index (χ0n) is 15.6. The number of thioether (sulfide) groups is 1. The van der Waals surface area contributed by atoms with E-state index < -0.39 is 6.10 Å². The Bertz CT molecular complexity index is 590. The maximum absolute atomic E-state index is 12.1. The molecule has 0 bridgehead atoms. The summed E-state index contributed by atoms with van der Waals surface area (Å²) in [5, 5.41) is 19.1. The van der Waals surface area contributed by atoms with Crippen LogP contribution in [0.3, 0.4) is 0 Å². The molecule has 1 amide bonds. The lowest BCUT2D eigenvalue weighted by atomic mass is 10.0. The highest BCUT2D eigenvalue weighted by Gasteiger charge is 2.28. The molecule has 1 heterocycles. The Labute approximate surface area is 161 Å². The maximum Gasteiger partial charge on any atom is 0.223 e. The average molecular weight is 378 g/mol. The molecule has 5 heteroatoms. The third-order valence-corrected chi connectivity index (χ3v) is 5.68. The van der Waals surface area contributed by atoms with Gasteiger partial charge in [0.2, 0.25) is 5.91 Å². The minimum absolute atomic E-state index is 0.104. The van der Waals surface area contributed by atoms with Gasteiger partial charge in [-0.15, -0.1) is 0 Å². The summed E-state index contributed by atoms with van der Waals surface area (Å²) < 4.78 is 0. The van der Waals surface area contributed by atoms with Crippen LogP contribution in [0.5, 0.6) is 0 Å². The Kier molecular flexibility index (Phi) is 9.23.